The second-order valence-electron chi connectivity index (χ2n) is 1.47. The highest BCUT2D eigenvalue weighted by atomic mass is 35.5. The normalized spacial score (nSPS) is 11.3. The number of alkyl halides is 1. The van der Waals surface area contributed by atoms with Gasteiger partial charge in [0.25, 0.3) is 0 Å². The van der Waals surface area contributed by atoms with Crippen molar-refractivity contribution in [2.24, 2.45) is 5.16 Å². The first-order valence-corrected chi connectivity index (χ1v) is 3.76. The topological polar surface area (TPSA) is 30.8 Å². The van der Waals surface area contributed by atoms with Crippen LogP contribution in [0.1, 0.15) is 13.8 Å². The van der Waals surface area contributed by atoms with Crippen molar-refractivity contribution in [1.82, 2.24) is 0 Å². The fraction of sp³-hybridized carbons (Fsp3) is 0.833. The molecule has 0 rings (SSSR count). The molecule has 0 aliphatic heterocycles. The summed E-state index contributed by atoms with van der Waals surface area (Å²) >= 11 is 5.45. The highest BCUT2D eigenvalue weighted by Gasteiger charge is 1.95. The van der Waals surface area contributed by atoms with Gasteiger partial charge in [0.15, 0.2) is 0 Å². The van der Waals surface area contributed by atoms with Crippen LogP contribution in [0.15, 0.2) is 5.16 Å². The van der Waals surface area contributed by atoms with Crippen LogP contribution in [0.25, 0.3) is 0 Å². The number of hydrogen-bond donors (Lipinski definition) is 0. The maximum absolute atomic E-state index is 5.45. The van der Waals surface area contributed by atoms with Crippen molar-refractivity contribution in [3.8, 4) is 0 Å². The van der Waals surface area contributed by atoms with E-state index in [0.717, 1.165) is 0 Å². The van der Waals surface area contributed by atoms with E-state index in [0.29, 0.717) is 19.1 Å². The SMILES string of the molecule is CCON=C(CCl)OCC. The van der Waals surface area contributed by atoms with Crippen molar-refractivity contribution in [3.05, 3.63) is 0 Å². The quantitative estimate of drug-likeness (QED) is 0.274. The molecule has 0 amide bonds. The molecule has 0 aromatic heterocycles. The fourth-order valence-corrected chi connectivity index (χ4v) is 0.518. The van der Waals surface area contributed by atoms with Crippen LogP contribution in [-0.4, -0.2) is 25.0 Å². The fourth-order valence-electron chi connectivity index (χ4n) is 0.392. The zero-order valence-corrected chi connectivity index (χ0v) is 7.02. The van der Waals surface area contributed by atoms with Gasteiger partial charge in [-0.25, -0.2) is 0 Å². The third-order valence-corrected chi connectivity index (χ3v) is 0.949. The smallest absolute Gasteiger partial charge is 0.240 e. The Morgan fingerprint density at radius 2 is 2.10 bits per heavy atom. The average Bonchev–Trinajstić information content (AvgIpc) is 1.98. The summed E-state index contributed by atoms with van der Waals surface area (Å²) in [5, 5.41) is 3.61. The first kappa shape index (κ1) is 9.56. The van der Waals surface area contributed by atoms with Crippen LogP contribution in [0.5, 0.6) is 0 Å². The molecular formula is C6H12ClNO2. The molecule has 0 bridgehead atoms. The second kappa shape index (κ2) is 6.68. The van der Waals surface area contributed by atoms with E-state index in [1.807, 2.05) is 13.8 Å². The molecule has 10 heavy (non-hydrogen) atoms. The minimum Gasteiger partial charge on any atom is -0.478 e. The van der Waals surface area contributed by atoms with Crippen LogP contribution in [-0.2, 0) is 9.57 Å². The number of rotatable bonds is 4. The Hall–Kier alpha value is -0.440. The average molecular weight is 166 g/mol. The molecule has 0 saturated heterocycles. The van der Waals surface area contributed by atoms with E-state index in [-0.39, 0.29) is 5.88 Å². The van der Waals surface area contributed by atoms with Gasteiger partial charge < -0.3 is 9.57 Å². The lowest BCUT2D eigenvalue weighted by Gasteiger charge is -2.01. The Morgan fingerprint density at radius 3 is 2.50 bits per heavy atom. The van der Waals surface area contributed by atoms with Gasteiger partial charge in [0.2, 0.25) is 5.90 Å². The first-order chi connectivity index (χ1) is 4.85. The molecule has 0 radical (unpaired) electrons. The van der Waals surface area contributed by atoms with E-state index in [1.165, 1.54) is 0 Å². The molecule has 0 unspecified atom stereocenters. The Balaban J connectivity index is 3.55. The Labute approximate surface area is 65.9 Å². The maximum Gasteiger partial charge on any atom is 0.240 e. The van der Waals surface area contributed by atoms with E-state index in [4.69, 9.17) is 21.2 Å². The molecule has 0 atom stereocenters. The van der Waals surface area contributed by atoms with E-state index >= 15 is 0 Å². The van der Waals surface area contributed by atoms with Crippen molar-refractivity contribution in [3.63, 3.8) is 0 Å². The molecular weight excluding hydrogens is 154 g/mol. The molecule has 0 fully saturated rings. The van der Waals surface area contributed by atoms with Crippen LogP contribution in [0.4, 0.5) is 0 Å². The summed E-state index contributed by atoms with van der Waals surface area (Å²) in [5.41, 5.74) is 0. The molecule has 4 heteroatoms. The number of halogens is 1. The van der Waals surface area contributed by atoms with Gasteiger partial charge in [0.05, 0.1) is 6.61 Å². The number of nitrogens with zero attached hydrogens (tertiary/aromatic N) is 1. The summed E-state index contributed by atoms with van der Waals surface area (Å²) in [5.74, 6) is 0.694. The highest BCUT2D eigenvalue weighted by Crippen LogP contribution is 1.88. The zero-order chi connectivity index (χ0) is 7.82. The molecule has 0 saturated carbocycles. The van der Waals surface area contributed by atoms with Gasteiger partial charge in [-0.3, -0.25) is 0 Å². The summed E-state index contributed by atoms with van der Waals surface area (Å²) < 4.78 is 4.99. The third-order valence-electron chi connectivity index (χ3n) is 0.721. The summed E-state index contributed by atoms with van der Waals surface area (Å²) in [4.78, 5) is 4.72. The van der Waals surface area contributed by atoms with E-state index in [2.05, 4.69) is 5.16 Å². The number of ether oxygens (including phenoxy) is 1. The predicted molar refractivity (Wildman–Crippen MR) is 41.4 cm³/mol. The molecule has 0 aromatic rings. The molecule has 0 spiro atoms. The van der Waals surface area contributed by atoms with Crippen LogP contribution in [0.2, 0.25) is 0 Å². The summed E-state index contributed by atoms with van der Waals surface area (Å²) in [6, 6.07) is 0. The molecule has 0 N–H and O–H groups in total. The van der Waals surface area contributed by atoms with E-state index in [9.17, 15) is 0 Å². The Morgan fingerprint density at radius 1 is 1.40 bits per heavy atom. The molecule has 60 valence electrons. The van der Waals surface area contributed by atoms with Crippen LogP contribution in [0.3, 0.4) is 0 Å². The standard InChI is InChI=1S/C6H12ClNO2/c1-3-9-6(5-7)8-10-4-2/h3-5H2,1-2H3. The van der Waals surface area contributed by atoms with Gasteiger partial charge in [0.1, 0.15) is 12.5 Å². The summed E-state index contributed by atoms with van der Waals surface area (Å²) in [7, 11) is 0. The largest absolute Gasteiger partial charge is 0.478 e. The Kier molecular flexibility index (Phi) is 6.38. The van der Waals surface area contributed by atoms with Gasteiger partial charge in [-0.05, 0) is 13.8 Å². The van der Waals surface area contributed by atoms with Gasteiger partial charge >= 0.3 is 0 Å². The van der Waals surface area contributed by atoms with E-state index in [1.54, 1.807) is 0 Å². The maximum atomic E-state index is 5.45. The predicted octanol–water partition coefficient (Wildman–Crippen LogP) is 1.61. The van der Waals surface area contributed by atoms with Crippen LogP contribution >= 0.6 is 11.6 Å². The van der Waals surface area contributed by atoms with Gasteiger partial charge in [-0.15, -0.1) is 11.6 Å². The molecule has 0 heterocycles. The van der Waals surface area contributed by atoms with Gasteiger partial charge in [0, 0.05) is 0 Å². The van der Waals surface area contributed by atoms with Crippen LogP contribution < -0.4 is 0 Å². The second-order valence-corrected chi connectivity index (χ2v) is 1.74. The summed E-state index contributed by atoms with van der Waals surface area (Å²) in [6.45, 7) is 4.82. The van der Waals surface area contributed by atoms with Crippen LogP contribution in [0, 0.1) is 0 Å². The monoisotopic (exact) mass is 165 g/mol. The lowest BCUT2D eigenvalue weighted by atomic mass is 10.7. The van der Waals surface area contributed by atoms with Gasteiger partial charge in [-0.2, -0.15) is 0 Å². The number of oxime groups is 1. The van der Waals surface area contributed by atoms with Crippen molar-refractivity contribution < 1.29 is 9.57 Å². The lowest BCUT2D eigenvalue weighted by Crippen LogP contribution is -2.06. The molecule has 3 nitrogen and oxygen atoms in total. The van der Waals surface area contributed by atoms with Crippen molar-refractivity contribution in [1.29, 1.82) is 0 Å². The van der Waals surface area contributed by atoms with Crippen molar-refractivity contribution >= 4 is 17.5 Å². The van der Waals surface area contributed by atoms with E-state index < -0.39 is 0 Å². The third kappa shape index (κ3) is 4.44. The Bertz CT molecular complexity index is 106. The molecule has 0 aliphatic rings. The lowest BCUT2D eigenvalue weighted by molar-refractivity contribution is 0.145. The highest BCUT2D eigenvalue weighted by molar-refractivity contribution is 6.27. The zero-order valence-electron chi connectivity index (χ0n) is 6.26. The summed E-state index contributed by atoms with van der Waals surface area (Å²) in [6.07, 6.45) is 0. The minimum absolute atomic E-state index is 0.258. The minimum atomic E-state index is 0.258. The van der Waals surface area contributed by atoms with Gasteiger partial charge in [-0.1, -0.05) is 5.16 Å². The molecule has 0 aliphatic carbocycles. The van der Waals surface area contributed by atoms with Crippen molar-refractivity contribution in [2.45, 2.75) is 13.8 Å². The molecule has 0 aromatic carbocycles. The first-order valence-electron chi connectivity index (χ1n) is 3.22. The van der Waals surface area contributed by atoms with Crippen molar-refractivity contribution in [2.75, 3.05) is 19.1 Å². The number of hydrogen-bond acceptors (Lipinski definition) is 3.